The predicted octanol–water partition coefficient (Wildman–Crippen LogP) is 0.843. The summed E-state index contributed by atoms with van der Waals surface area (Å²) in [7, 11) is -3.27. The number of benzene rings is 1. The Hall–Kier alpha value is -0.910. The highest BCUT2D eigenvalue weighted by molar-refractivity contribution is 7.88. The Morgan fingerprint density at radius 3 is 2.53 bits per heavy atom. The summed E-state index contributed by atoms with van der Waals surface area (Å²) in [5, 5.41) is 0. The van der Waals surface area contributed by atoms with Gasteiger partial charge in [-0.3, -0.25) is 0 Å². The van der Waals surface area contributed by atoms with Crippen LogP contribution in [0, 0.1) is 5.92 Å². The second-order valence-electron chi connectivity index (χ2n) is 4.59. The van der Waals surface area contributed by atoms with E-state index in [4.69, 9.17) is 5.73 Å². The molecular formula is C12H18N2O2S. The Morgan fingerprint density at radius 2 is 1.94 bits per heavy atom. The molecule has 1 atom stereocenters. The zero-order valence-electron chi connectivity index (χ0n) is 9.67. The van der Waals surface area contributed by atoms with E-state index < -0.39 is 10.0 Å². The molecule has 0 aliphatic heterocycles. The van der Waals surface area contributed by atoms with Gasteiger partial charge in [-0.1, -0.05) is 30.3 Å². The van der Waals surface area contributed by atoms with Crippen molar-refractivity contribution < 1.29 is 8.42 Å². The van der Waals surface area contributed by atoms with Gasteiger partial charge in [0.25, 0.3) is 0 Å². The van der Waals surface area contributed by atoms with Crippen LogP contribution in [0.4, 0.5) is 0 Å². The van der Waals surface area contributed by atoms with E-state index in [1.807, 2.05) is 18.2 Å². The molecule has 4 nitrogen and oxygen atoms in total. The minimum Gasteiger partial charge on any atom is -0.326 e. The molecule has 1 saturated carbocycles. The summed E-state index contributed by atoms with van der Waals surface area (Å²) in [6.45, 7) is 0.347. The van der Waals surface area contributed by atoms with Gasteiger partial charge in [-0.15, -0.1) is 0 Å². The molecule has 3 N–H and O–H groups in total. The molecule has 0 bridgehead atoms. The summed E-state index contributed by atoms with van der Waals surface area (Å²) in [4.78, 5) is 0. The third-order valence-electron chi connectivity index (χ3n) is 2.97. The lowest BCUT2D eigenvalue weighted by Gasteiger charge is -2.12. The van der Waals surface area contributed by atoms with Gasteiger partial charge >= 0.3 is 0 Å². The van der Waals surface area contributed by atoms with E-state index in [0.717, 1.165) is 18.4 Å². The molecule has 0 heterocycles. The molecule has 2 rings (SSSR count). The number of nitrogens with two attached hydrogens (primary N) is 1. The molecule has 1 aromatic rings. The maximum absolute atomic E-state index is 11.8. The molecule has 94 valence electrons. The normalized spacial score (nSPS) is 17.9. The van der Waals surface area contributed by atoms with E-state index in [1.54, 1.807) is 12.1 Å². The molecule has 1 aliphatic rings. The van der Waals surface area contributed by atoms with Gasteiger partial charge in [0.15, 0.2) is 0 Å². The van der Waals surface area contributed by atoms with Crippen LogP contribution in [0.15, 0.2) is 30.3 Å². The van der Waals surface area contributed by atoms with E-state index in [2.05, 4.69) is 4.72 Å². The van der Waals surface area contributed by atoms with E-state index in [-0.39, 0.29) is 11.8 Å². The Labute approximate surface area is 102 Å². The quantitative estimate of drug-likeness (QED) is 0.790. The zero-order chi connectivity index (χ0) is 12.3. The summed E-state index contributed by atoms with van der Waals surface area (Å²) in [6, 6.07) is 9.11. The summed E-state index contributed by atoms with van der Waals surface area (Å²) < 4.78 is 26.1. The molecule has 1 fully saturated rings. The van der Waals surface area contributed by atoms with Gasteiger partial charge in [0.2, 0.25) is 10.0 Å². The largest absolute Gasteiger partial charge is 0.326 e. The fourth-order valence-corrected chi connectivity index (χ4v) is 2.94. The van der Waals surface area contributed by atoms with Crippen LogP contribution in [0.25, 0.3) is 0 Å². The third-order valence-corrected chi connectivity index (χ3v) is 4.29. The molecular weight excluding hydrogens is 236 g/mol. The molecule has 1 aromatic carbocycles. The van der Waals surface area contributed by atoms with Gasteiger partial charge in [0.05, 0.1) is 5.75 Å². The van der Waals surface area contributed by atoms with Crippen LogP contribution in [0.1, 0.15) is 18.4 Å². The Kier molecular flexibility index (Phi) is 3.81. The van der Waals surface area contributed by atoms with Gasteiger partial charge in [0, 0.05) is 12.6 Å². The van der Waals surface area contributed by atoms with Crippen LogP contribution in [0.3, 0.4) is 0 Å². The fourth-order valence-electron chi connectivity index (χ4n) is 1.76. The molecule has 1 aliphatic carbocycles. The second kappa shape index (κ2) is 5.16. The lowest BCUT2D eigenvalue weighted by molar-refractivity contribution is 0.547. The summed E-state index contributed by atoms with van der Waals surface area (Å²) in [5.74, 6) is 0.528. The molecule has 1 unspecified atom stereocenters. The Balaban J connectivity index is 1.86. The van der Waals surface area contributed by atoms with E-state index in [0.29, 0.717) is 12.5 Å². The van der Waals surface area contributed by atoms with Crippen LogP contribution in [0.2, 0.25) is 0 Å². The molecule has 0 radical (unpaired) electrons. The highest BCUT2D eigenvalue weighted by Gasteiger charge is 2.29. The van der Waals surface area contributed by atoms with Crippen LogP contribution in [0.5, 0.6) is 0 Å². The zero-order valence-corrected chi connectivity index (χ0v) is 10.5. The van der Waals surface area contributed by atoms with E-state index >= 15 is 0 Å². The SMILES string of the molecule is NC(CNS(=O)(=O)Cc1ccccc1)C1CC1. The number of nitrogens with one attached hydrogen (secondary N) is 1. The highest BCUT2D eigenvalue weighted by Crippen LogP contribution is 2.31. The summed E-state index contributed by atoms with van der Waals surface area (Å²) >= 11 is 0. The van der Waals surface area contributed by atoms with Crippen LogP contribution < -0.4 is 10.5 Å². The molecule has 17 heavy (non-hydrogen) atoms. The minimum atomic E-state index is -3.27. The van der Waals surface area contributed by atoms with Gasteiger partial charge < -0.3 is 5.73 Å². The average Bonchev–Trinajstić information content (AvgIpc) is 3.10. The van der Waals surface area contributed by atoms with Crippen molar-refractivity contribution in [3.63, 3.8) is 0 Å². The van der Waals surface area contributed by atoms with Crippen LogP contribution in [-0.4, -0.2) is 21.0 Å². The number of hydrogen-bond donors (Lipinski definition) is 2. The highest BCUT2D eigenvalue weighted by atomic mass is 32.2. The maximum atomic E-state index is 11.8. The van der Waals surface area contributed by atoms with Crippen LogP contribution >= 0.6 is 0 Å². The third kappa shape index (κ3) is 4.11. The maximum Gasteiger partial charge on any atom is 0.215 e. The Morgan fingerprint density at radius 1 is 1.29 bits per heavy atom. The van der Waals surface area contributed by atoms with Crippen molar-refractivity contribution in [2.75, 3.05) is 6.54 Å². The molecule has 0 aromatic heterocycles. The summed E-state index contributed by atoms with van der Waals surface area (Å²) in [5.41, 5.74) is 6.64. The van der Waals surface area contributed by atoms with Gasteiger partial charge in [-0.2, -0.15) is 0 Å². The molecule has 5 heteroatoms. The minimum absolute atomic E-state index is 0.0191. The van der Waals surface area contributed by atoms with Gasteiger partial charge in [0.1, 0.15) is 0 Å². The first-order valence-electron chi connectivity index (χ1n) is 5.84. The number of hydrogen-bond acceptors (Lipinski definition) is 3. The Bertz CT molecular complexity index is 455. The summed E-state index contributed by atoms with van der Waals surface area (Å²) in [6.07, 6.45) is 2.25. The van der Waals surface area contributed by atoms with Crippen LogP contribution in [-0.2, 0) is 15.8 Å². The second-order valence-corrected chi connectivity index (χ2v) is 6.40. The topological polar surface area (TPSA) is 72.2 Å². The average molecular weight is 254 g/mol. The molecule has 0 saturated heterocycles. The predicted molar refractivity (Wildman–Crippen MR) is 67.8 cm³/mol. The van der Waals surface area contributed by atoms with Crippen molar-refractivity contribution in [3.8, 4) is 0 Å². The number of rotatable bonds is 6. The van der Waals surface area contributed by atoms with Crippen molar-refractivity contribution in [3.05, 3.63) is 35.9 Å². The fraction of sp³-hybridized carbons (Fsp3) is 0.500. The van der Waals surface area contributed by atoms with E-state index in [1.165, 1.54) is 0 Å². The first-order chi connectivity index (χ1) is 8.07. The molecule has 0 spiro atoms. The van der Waals surface area contributed by atoms with Crippen molar-refractivity contribution in [1.82, 2.24) is 4.72 Å². The van der Waals surface area contributed by atoms with Crippen molar-refractivity contribution in [2.45, 2.75) is 24.6 Å². The number of sulfonamides is 1. The first kappa shape index (κ1) is 12.5. The monoisotopic (exact) mass is 254 g/mol. The van der Waals surface area contributed by atoms with E-state index in [9.17, 15) is 8.42 Å². The van der Waals surface area contributed by atoms with Gasteiger partial charge in [-0.05, 0) is 24.3 Å². The smallest absolute Gasteiger partial charge is 0.215 e. The van der Waals surface area contributed by atoms with Crippen molar-refractivity contribution >= 4 is 10.0 Å². The van der Waals surface area contributed by atoms with Gasteiger partial charge in [-0.25, -0.2) is 13.1 Å². The van der Waals surface area contributed by atoms with Crippen molar-refractivity contribution in [2.24, 2.45) is 11.7 Å². The molecule has 0 amide bonds. The standard InChI is InChI=1S/C12H18N2O2S/c13-12(11-6-7-11)8-14-17(15,16)9-10-4-2-1-3-5-10/h1-5,11-12,14H,6-9,13H2. The lowest BCUT2D eigenvalue weighted by atomic mass is 10.2. The first-order valence-corrected chi connectivity index (χ1v) is 7.49. The van der Waals surface area contributed by atoms with Crippen molar-refractivity contribution in [1.29, 1.82) is 0 Å². The lowest BCUT2D eigenvalue weighted by Crippen LogP contribution is -2.39.